The minimum Gasteiger partial charge on any atom is -0.496 e. The number of carbonyl (C=O) groups is 2. The van der Waals surface area contributed by atoms with Gasteiger partial charge >= 0.3 is 5.97 Å². The lowest BCUT2D eigenvalue weighted by Gasteiger charge is -2.07. The number of nitrogens with zero attached hydrogens (tertiary/aromatic N) is 2. The van der Waals surface area contributed by atoms with Gasteiger partial charge in [0.1, 0.15) is 5.75 Å². The molecule has 1 aromatic heterocycles. The van der Waals surface area contributed by atoms with E-state index in [4.69, 9.17) is 4.74 Å². The van der Waals surface area contributed by atoms with Gasteiger partial charge in [0.2, 0.25) is 0 Å². The predicted octanol–water partition coefficient (Wildman–Crippen LogP) is 2.43. The van der Waals surface area contributed by atoms with Crippen molar-refractivity contribution in [3.63, 3.8) is 0 Å². The van der Waals surface area contributed by atoms with Gasteiger partial charge in [0.05, 0.1) is 18.2 Å². The summed E-state index contributed by atoms with van der Waals surface area (Å²) in [5.74, 6) is -1.21. The smallest absolute Gasteiger partial charge is 0.357 e. The van der Waals surface area contributed by atoms with Crippen LogP contribution >= 0.6 is 0 Å². The van der Waals surface area contributed by atoms with E-state index < -0.39 is 11.9 Å². The molecule has 2 aromatic carbocycles. The quantitative estimate of drug-likeness (QED) is 0.802. The SMILES string of the molecule is COc1ccccc1C(=O)n1nc(C(=O)O)c2ccccc21. The van der Waals surface area contributed by atoms with Gasteiger partial charge in [-0.1, -0.05) is 30.3 Å². The molecule has 0 aliphatic rings. The summed E-state index contributed by atoms with van der Waals surface area (Å²) in [5.41, 5.74) is 0.602. The predicted molar refractivity (Wildman–Crippen MR) is 79.4 cm³/mol. The Hall–Kier alpha value is -3.15. The van der Waals surface area contributed by atoms with Crippen LogP contribution in [-0.2, 0) is 0 Å². The van der Waals surface area contributed by atoms with E-state index in [0.717, 1.165) is 4.68 Å². The van der Waals surface area contributed by atoms with Crippen molar-refractivity contribution in [1.29, 1.82) is 0 Å². The second-order valence-electron chi connectivity index (χ2n) is 4.59. The Morgan fingerprint density at radius 3 is 2.50 bits per heavy atom. The number of carboxylic acid groups (broad SMARTS) is 1. The molecule has 1 heterocycles. The van der Waals surface area contributed by atoms with Crippen molar-refractivity contribution < 1.29 is 19.4 Å². The number of hydrogen-bond donors (Lipinski definition) is 1. The zero-order valence-electron chi connectivity index (χ0n) is 11.7. The maximum atomic E-state index is 12.7. The molecule has 0 atom stereocenters. The highest BCUT2D eigenvalue weighted by Gasteiger charge is 2.22. The minimum atomic E-state index is -1.18. The van der Waals surface area contributed by atoms with Crippen LogP contribution in [0.25, 0.3) is 10.9 Å². The molecule has 0 aliphatic heterocycles. The Morgan fingerprint density at radius 1 is 1.09 bits per heavy atom. The number of methoxy groups -OCH3 is 1. The molecule has 0 aliphatic carbocycles. The summed E-state index contributed by atoms with van der Waals surface area (Å²) in [6.07, 6.45) is 0. The molecule has 0 saturated carbocycles. The molecule has 0 fully saturated rings. The summed E-state index contributed by atoms with van der Waals surface area (Å²) in [6.45, 7) is 0. The Labute approximate surface area is 125 Å². The molecule has 0 radical (unpaired) electrons. The summed E-state index contributed by atoms with van der Waals surface area (Å²) in [5, 5.41) is 13.6. The third-order valence-corrected chi connectivity index (χ3v) is 3.32. The number of aromatic nitrogens is 2. The van der Waals surface area contributed by atoms with Gasteiger partial charge in [-0.2, -0.15) is 9.78 Å². The summed E-state index contributed by atoms with van der Waals surface area (Å²) in [4.78, 5) is 24.0. The Morgan fingerprint density at radius 2 is 1.77 bits per heavy atom. The first kappa shape index (κ1) is 13.8. The molecule has 0 spiro atoms. The van der Waals surface area contributed by atoms with Crippen molar-refractivity contribution in [3.05, 3.63) is 59.8 Å². The summed E-state index contributed by atoms with van der Waals surface area (Å²) in [6, 6.07) is 13.4. The fourth-order valence-electron chi connectivity index (χ4n) is 2.31. The van der Waals surface area contributed by atoms with Crippen LogP contribution in [-0.4, -0.2) is 33.9 Å². The van der Waals surface area contributed by atoms with Gasteiger partial charge in [-0.25, -0.2) is 4.79 Å². The average Bonchev–Trinajstić information content (AvgIpc) is 2.94. The van der Waals surface area contributed by atoms with E-state index in [-0.39, 0.29) is 5.69 Å². The number of benzene rings is 2. The molecule has 0 unspecified atom stereocenters. The van der Waals surface area contributed by atoms with E-state index in [1.807, 2.05) is 0 Å². The van der Waals surface area contributed by atoms with Crippen LogP contribution in [0.4, 0.5) is 0 Å². The molecule has 3 rings (SSSR count). The number of carboxylic acids is 1. The zero-order chi connectivity index (χ0) is 15.7. The third kappa shape index (κ3) is 2.10. The lowest BCUT2D eigenvalue weighted by Crippen LogP contribution is -2.15. The molecule has 0 amide bonds. The number of fused-ring (bicyclic) bond motifs is 1. The van der Waals surface area contributed by atoms with Gasteiger partial charge in [-0.15, -0.1) is 0 Å². The van der Waals surface area contributed by atoms with Gasteiger partial charge in [0.15, 0.2) is 5.69 Å². The second kappa shape index (κ2) is 5.33. The number of rotatable bonds is 3. The Bertz CT molecular complexity index is 883. The van der Waals surface area contributed by atoms with E-state index in [2.05, 4.69) is 5.10 Å². The van der Waals surface area contributed by atoms with Crippen LogP contribution < -0.4 is 4.74 Å². The summed E-state index contributed by atoms with van der Waals surface area (Å²) >= 11 is 0. The van der Waals surface area contributed by atoms with Gasteiger partial charge < -0.3 is 9.84 Å². The summed E-state index contributed by atoms with van der Waals surface area (Å²) in [7, 11) is 1.47. The molecule has 22 heavy (non-hydrogen) atoms. The first-order valence-electron chi connectivity index (χ1n) is 6.52. The number of para-hydroxylation sites is 2. The minimum absolute atomic E-state index is 0.154. The second-order valence-corrected chi connectivity index (χ2v) is 4.59. The fraction of sp³-hybridized carbons (Fsp3) is 0.0625. The highest BCUT2D eigenvalue weighted by molar-refractivity contribution is 6.07. The van der Waals surface area contributed by atoms with E-state index in [0.29, 0.717) is 22.2 Å². The van der Waals surface area contributed by atoms with Crippen LogP contribution in [0.1, 0.15) is 20.8 Å². The largest absolute Gasteiger partial charge is 0.496 e. The zero-order valence-corrected chi connectivity index (χ0v) is 11.7. The van der Waals surface area contributed by atoms with E-state index in [9.17, 15) is 14.7 Å². The van der Waals surface area contributed by atoms with E-state index >= 15 is 0 Å². The molecule has 1 N–H and O–H groups in total. The molecule has 110 valence electrons. The highest BCUT2D eigenvalue weighted by Crippen LogP contribution is 2.23. The number of ether oxygens (including phenoxy) is 1. The average molecular weight is 296 g/mol. The first-order valence-corrected chi connectivity index (χ1v) is 6.52. The number of aromatic carboxylic acids is 1. The van der Waals surface area contributed by atoms with Crippen molar-refractivity contribution in [2.24, 2.45) is 0 Å². The Kier molecular flexibility index (Phi) is 3.34. The standard InChI is InChI=1S/C16H12N2O4/c1-22-13-9-5-3-7-11(13)15(19)18-12-8-4-2-6-10(12)14(17-18)16(20)21/h2-9H,1H3,(H,20,21). The third-order valence-electron chi connectivity index (χ3n) is 3.32. The van der Waals surface area contributed by atoms with Crippen LogP contribution in [0.15, 0.2) is 48.5 Å². The highest BCUT2D eigenvalue weighted by atomic mass is 16.5. The van der Waals surface area contributed by atoms with E-state index in [1.165, 1.54) is 7.11 Å². The lowest BCUT2D eigenvalue weighted by molar-refractivity contribution is 0.0691. The Balaban J connectivity index is 2.22. The monoisotopic (exact) mass is 296 g/mol. The first-order chi connectivity index (χ1) is 10.6. The number of hydrogen-bond acceptors (Lipinski definition) is 4. The van der Waals surface area contributed by atoms with Crippen LogP contribution in [0.5, 0.6) is 5.75 Å². The maximum absolute atomic E-state index is 12.7. The van der Waals surface area contributed by atoms with Crippen LogP contribution in [0, 0.1) is 0 Å². The molecule has 6 heteroatoms. The van der Waals surface area contributed by atoms with Crippen LogP contribution in [0.2, 0.25) is 0 Å². The van der Waals surface area contributed by atoms with Crippen molar-refractivity contribution in [3.8, 4) is 5.75 Å². The maximum Gasteiger partial charge on any atom is 0.357 e. The molecular weight excluding hydrogens is 284 g/mol. The summed E-state index contributed by atoms with van der Waals surface area (Å²) < 4.78 is 6.27. The normalized spacial score (nSPS) is 10.6. The van der Waals surface area contributed by atoms with Crippen molar-refractivity contribution >= 4 is 22.8 Å². The van der Waals surface area contributed by atoms with Crippen molar-refractivity contribution in [1.82, 2.24) is 9.78 Å². The molecular formula is C16H12N2O4. The van der Waals surface area contributed by atoms with E-state index in [1.54, 1.807) is 48.5 Å². The van der Waals surface area contributed by atoms with Gasteiger partial charge in [-0.05, 0) is 18.2 Å². The van der Waals surface area contributed by atoms with Gasteiger partial charge in [-0.3, -0.25) is 4.79 Å². The lowest BCUT2D eigenvalue weighted by atomic mass is 10.1. The molecule has 0 bridgehead atoms. The molecule has 3 aromatic rings. The van der Waals surface area contributed by atoms with Gasteiger partial charge in [0, 0.05) is 5.39 Å². The van der Waals surface area contributed by atoms with Gasteiger partial charge in [0.25, 0.3) is 5.91 Å². The van der Waals surface area contributed by atoms with Crippen molar-refractivity contribution in [2.75, 3.05) is 7.11 Å². The molecule has 6 nitrogen and oxygen atoms in total. The number of carbonyl (C=O) groups excluding carboxylic acids is 1. The topological polar surface area (TPSA) is 81.4 Å². The molecule has 0 saturated heterocycles. The fourth-order valence-corrected chi connectivity index (χ4v) is 2.31. The van der Waals surface area contributed by atoms with Crippen molar-refractivity contribution in [2.45, 2.75) is 0 Å². The van der Waals surface area contributed by atoms with Crippen LogP contribution in [0.3, 0.4) is 0 Å².